The molecular weight excluding hydrogens is 289 g/mol. The lowest BCUT2D eigenvalue weighted by molar-refractivity contribution is 0.583. The quantitative estimate of drug-likeness (QED) is 0.882. The Balaban J connectivity index is 2.52. The van der Waals surface area contributed by atoms with E-state index < -0.39 is 0 Å². The van der Waals surface area contributed by atoms with E-state index in [0.717, 1.165) is 29.7 Å². The summed E-state index contributed by atoms with van der Waals surface area (Å²) < 4.78 is 13.6. The molecule has 1 aromatic heterocycles. The van der Waals surface area contributed by atoms with Gasteiger partial charge in [0.05, 0.1) is 11.1 Å². The fraction of sp³-hybridized carbons (Fsp3) is 0.312. The minimum atomic E-state index is -0.271. The van der Waals surface area contributed by atoms with Crippen molar-refractivity contribution < 1.29 is 4.39 Å². The van der Waals surface area contributed by atoms with Crippen molar-refractivity contribution in [1.29, 1.82) is 0 Å². The van der Waals surface area contributed by atoms with Crippen LogP contribution in [0.25, 0.3) is 0 Å². The molecule has 5 heteroatoms. The summed E-state index contributed by atoms with van der Waals surface area (Å²) in [5.41, 5.74) is 8.59. The number of aromatic nitrogens is 1. The Labute approximate surface area is 129 Å². The Morgan fingerprint density at radius 1 is 1.33 bits per heavy atom. The van der Waals surface area contributed by atoms with Crippen molar-refractivity contribution in [2.45, 2.75) is 26.3 Å². The third-order valence-corrected chi connectivity index (χ3v) is 3.58. The number of rotatable bonds is 5. The zero-order chi connectivity index (χ0) is 15.4. The average molecular weight is 308 g/mol. The van der Waals surface area contributed by atoms with Crippen LogP contribution in [0.4, 0.5) is 10.2 Å². The minimum absolute atomic E-state index is 0.230. The number of nitrogens with zero attached hydrogens (tertiary/aromatic N) is 1. The minimum Gasteiger partial charge on any atom is -0.383 e. The molecule has 1 aromatic carbocycles. The summed E-state index contributed by atoms with van der Waals surface area (Å²) in [4.78, 5) is 4.10. The van der Waals surface area contributed by atoms with Gasteiger partial charge in [0.25, 0.3) is 0 Å². The topological polar surface area (TPSA) is 50.9 Å². The highest BCUT2D eigenvalue weighted by atomic mass is 35.5. The molecule has 0 saturated carbocycles. The molecule has 0 aliphatic carbocycles. The van der Waals surface area contributed by atoms with Crippen LogP contribution in [0.1, 0.15) is 36.1 Å². The molecule has 1 heterocycles. The molecule has 3 nitrogen and oxygen atoms in total. The molecule has 2 aromatic rings. The molecule has 0 fully saturated rings. The highest BCUT2D eigenvalue weighted by Gasteiger charge is 2.19. The molecule has 0 saturated heterocycles. The van der Waals surface area contributed by atoms with Crippen molar-refractivity contribution in [3.8, 4) is 0 Å². The summed E-state index contributed by atoms with van der Waals surface area (Å²) in [5.74, 6) is 0.129. The van der Waals surface area contributed by atoms with Gasteiger partial charge in [-0.25, -0.2) is 9.37 Å². The maximum atomic E-state index is 13.6. The van der Waals surface area contributed by atoms with Gasteiger partial charge in [0, 0.05) is 11.8 Å². The van der Waals surface area contributed by atoms with Crippen LogP contribution in [0, 0.1) is 12.7 Å². The third-order valence-electron chi connectivity index (χ3n) is 3.38. The lowest BCUT2D eigenvalue weighted by Crippen LogP contribution is -2.25. The molecule has 0 aliphatic heterocycles. The smallest absolute Gasteiger partial charge is 0.128 e. The normalized spacial score (nSPS) is 12.4. The number of benzene rings is 1. The second kappa shape index (κ2) is 6.87. The van der Waals surface area contributed by atoms with Gasteiger partial charge in [-0.1, -0.05) is 24.6 Å². The number of nitrogens with two attached hydrogens (primary N) is 1. The van der Waals surface area contributed by atoms with Gasteiger partial charge in [-0.05, 0) is 49.2 Å². The number of nitrogens with one attached hydrogen (secondary N) is 1. The molecule has 21 heavy (non-hydrogen) atoms. The van der Waals surface area contributed by atoms with Crippen molar-refractivity contribution >= 4 is 17.4 Å². The van der Waals surface area contributed by atoms with Crippen LogP contribution in [0.15, 0.2) is 30.5 Å². The molecule has 0 spiro atoms. The first-order valence-corrected chi connectivity index (χ1v) is 7.31. The summed E-state index contributed by atoms with van der Waals surface area (Å²) >= 11 is 6.03. The van der Waals surface area contributed by atoms with Crippen LogP contribution >= 0.6 is 11.6 Å². The van der Waals surface area contributed by atoms with Crippen molar-refractivity contribution in [3.63, 3.8) is 0 Å². The monoisotopic (exact) mass is 307 g/mol. The standard InChI is InChI=1S/C16H19ClFN3/c1-3-6-20-15(13-8-12(18)5-4-10(13)2)14-7-11(17)9-21-16(14)19/h4-5,7-9,15,20H,3,6H2,1-2H3,(H2,19,21). The Morgan fingerprint density at radius 3 is 2.81 bits per heavy atom. The first-order chi connectivity index (χ1) is 10.0. The molecule has 2 rings (SSSR count). The van der Waals surface area contributed by atoms with E-state index >= 15 is 0 Å². The molecule has 0 aliphatic rings. The second-order valence-electron chi connectivity index (χ2n) is 5.02. The van der Waals surface area contributed by atoms with Gasteiger partial charge in [-0.3, -0.25) is 0 Å². The maximum absolute atomic E-state index is 13.6. The molecular formula is C16H19ClFN3. The third kappa shape index (κ3) is 3.71. The van der Waals surface area contributed by atoms with Gasteiger partial charge >= 0.3 is 0 Å². The van der Waals surface area contributed by atoms with E-state index in [-0.39, 0.29) is 11.9 Å². The summed E-state index contributed by atoms with van der Waals surface area (Å²) in [6.07, 6.45) is 2.47. The predicted molar refractivity (Wildman–Crippen MR) is 84.9 cm³/mol. The maximum Gasteiger partial charge on any atom is 0.128 e. The van der Waals surface area contributed by atoms with E-state index in [1.54, 1.807) is 12.1 Å². The lowest BCUT2D eigenvalue weighted by atomic mass is 9.95. The number of anilines is 1. The van der Waals surface area contributed by atoms with Gasteiger partial charge in [-0.15, -0.1) is 0 Å². The predicted octanol–water partition coefficient (Wildman–Crippen LogP) is 3.85. The average Bonchev–Trinajstić information content (AvgIpc) is 2.46. The highest BCUT2D eigenvalue weighted by molar-refractivity contribution is 6.30. The zero-order valence-electron chi connectivity index (χ0n) is 12.2. The molecule has 1 atom stereocenters. The zero-order valence-corrected chi connectivity index (χ0v) is 12.9. The summed E-state index contributed by atoms with van der Waals surface area (Å²) in [5, 5.41) is 3.90. The van der Waals surface area contributed by atoms with Gasteiger partial charge in [0.2, 0.25) is 0 Å². The Morgan fingerprint density at radius 2 is 2.10 bits per heavy atom. The Bertz CT molecular complexity index is 579. The molecule has 0 bridgehead atoms. The number of hydrogen-bond donors (Lipinski definition) is 2. The van der Waals surface area contributed by atoms with Crippen LogP contribution in [0.3, 0.4) is 0 Å². The fourth-order valence-electron chi connectivity index (χ4n) is 2.30. The molecule has 112 valence electrons. The van der Waals surface area contributed by atoms with Crippen LogP contribution in [-0.4, -0.2) is 11.5 Å². The van der Waals surface area contributed by atoms with E-state index in [1.165, 1.54) is 18.3 Å². The number of hydrogen-bond acceptors (Lipinski definition) is 3. The van der Waals surface area contributed by atoms with Crippen molar-refractivity contribution in [2.24, 2.45) is 0 Å². The summed E-state index contributed by atoms with van der Waals surface area (Å²) in [7, 11) is 0. The van der Waals surface area contributed by atoms with Crippen LogP contribution in [0.2, 0.25) is 5.02 Å². The Kier molecular flexibility index (Phi) is 5.15. The number of pyridine rings is 1. The number of halogens is 2. The number of aryl methyl sites for hydroxylation is 1. The fourth-order valence-corrected chi connectivity index (χ4v) is 2.46. The SMILES string of the molecule is CCCNC(c1cc(F)ccc1C)c1cc(Cl)cnc1N. The number of nitrogen functional groups attached to an aromatic ring is 1. The van der Waals surface area contributed by atoms with Crippen molar-refractivity contribution in [3.05, 3.63) is 58.0 Å². The first-order valence-electron chi connectivity index (χ1n) is 6.93. The van der Waals surface area contributed by atoms with Crippen LogP contribution in [-0.2, 0) is 0 Å². The lowest BCUT2D eigenvalue weighted by Gasteiger charge is -2.22. The van der Waals surface area contributed by atoms with E-state index in [9.17, 15) is 4.39 Å². The van der Waals surface area contributed by atoms with Crippen molar-refractivity contribution in [1.82, 2.24) is 10.3 Å². The largest absolute Gasteiger partial charge is 0.383 e. The molecule has 1 unspecified atom stereocenters. The molecule has 3 N–H and O–H groups in total. The Hall–Kier alpha value is -1.65. The summed E-state index contributed by atoms with van der Waals surface area (Å²) in [6, 6.07) is 6.30. The van der Waals surface area contributed by atoms with Gasteiger partial charge in [0.15, 0.2) is 0 Å². The van der Waals surface area contributed by atoms with E-state index in [2.05, 4.69) is 17.2 Å². The molecule has 0 radical (unpaired) electrons. The summed E-state index contributed by atoms with van der Waals surface area (Å²) in [6.45, 7) is 4.80. The van der Waals surface area contributed by atoms with Gasteiger partial charge in [0.1, 0.15) is 11.6 Å². The van der Waals surface area contributed by atoms with E-state index in [4.69, 9.17) is 17.3 Å². The first kappa shape index (κ1) is 15.7. The van der Waals surface area contributed by atoms with E-state index in [0.29, 0.717) is 10.8 Å². The van der Waals surface area contributed by atoms with Crippen LogP contribution < -0.4 is 11.1 Å². The van der Waals surface area contributed by atoms with Crippen molar-refractivity contribution in [2.75, 3.05) is 12.3 Å². The highest BCUT2D eigenvalue weighted by Crippen LogP contribution is 2.30. The second-order valence-corrected chi connectivity index (χ2v) is 5.45. The van der Waals surface area contributed by atoms with Gasteiger partial charge in [-0.2, -0.15) is 0 Å². The van der Waals surface area contributed by atoms with Gasteiger partial charge < -0.3 is 11.1 Å². The molecule has 0 amide bonds. The van der Waals surface area contributed by atoms with E-state index in [1.807, 2.05) is 6.92 Å². The van der Waals surface area contributed by atoms with Crippen LogP contribution in [0.5, 0.6) is 0 Å².